The molecule has 196 valence electrons. The summed E-state index contributed by atoms with van der Waals surface area (Å²) in [6, 6.07) is 17.3. The van der Waals surface area contributed by atoms with Crippen molar-refractivity contribution >= 4 is 26.1 Å². The van der Waals surface area contributed by atoms with Crippen molar-refractivity contribution in [3.63, 3.8) is 0 Å². The molecule has 2 aliphatic rings. The van der Waals surface area contributed by atoms with Crippen LogP contribution in [0, 0.1) is 5.92 Å². The van der Waals surface area contributed by atoms with Crippen LogP contribution < -0.4 is 4.72 Å². The maximum absolute atomic E-state index is 13.7. The molecule has 0 radical (unpaired) electrons. The fourth-order valence-corrected chi connectivity index (χ4v) is 7.51. The van der Waals surface area contributed by atoms with E-state index in [0.29, 0.717) is 38.8 Å². The summed E-state index contributed by atoms with van der Waals surface area (Å²) in [4.78, 5) is 15.4. The number of carbonyl (C=O) groups is 1. The molecule has 2 heterocycles. The number of sulfonamides is 1. The second-order valence-corrected chi connectivity index (χ2v) is 13.4. The molecule has 1 N–H and O–H groups in total. The van der Waals surface area contributed by atoms with Crippen molar-refractivity contribution in [3.05, 3.63) is 66.2 Å². The monoisotopic (exact) mass is 534 g/mol. The van der Waals surface area contributed by atoms with Crippen molar-refractivity contribution < 1.29 is 21.6 Å². The molecule has 2 saturated heterocycles. The van der Waals surface area contributed by atoms with Crippen molar-refractivity contribution in [3.8, 4) is 0 Å². The number of rotatable bonds is 7. The van der Waals surface area contributed by atoms with Gasteiger partial charge in [-0.2, -0.15) is 21.8 Å². The molecule has 11 heteroatoms. The highest BCUT2D eigenvalue weighted by atomic mass is 32.2. The summed E-state index contributed by atoms with van der Waals surface area (Å²) in [6.07, 6.45) is 2.17. The molecule has 0 aliphatic carbocycles. The van der Waals surface area contributed by atoms with Gasteiger partial charge < -0.3 is 4.90 Å². The van der Waals surface area contributed by atoms with E-state index in [0.717, 1.165) is 9.87 Å². The van der Waals surface area contributed by atoms with Gasteiger partial charge in [0.1, 0.15) is 0 Å². The molecule has 0 unspecified atom stereocenters. The van der Waals surface area contributed by atoms with E-state index in [9.17, 15) is 21.6 Å². The van der Waals surface area contributed by atoms with Crippen LogP contribution in [0.5, 0.6) is 0 Å². The van der Waals surface area contributed by atoms with Gasteiger partial charge in [-0.3, -0.25) is 4.79 Å². The van der Waals surface area contributed by atoms with Crippen LogP contribution >= 0.6 is 0 Å². The minimum atomic E-state index is -3.81. The topological polar surface area (TPSA) is 107 Å². The zero-order valence-electron chi connectivity index (χ0n) is 20.7. The first-order valence-electron chi connectivity index (χ1n) is 12.2. The van der Waals surface area contributed by atoms with E-state index in [1.807, 2.05) is 30.3 Å². The standard InChI is InChI=1S/C25H34N4O5S2/c1-27(2)36(33,34)26-22-15-17-28(18-16-22)25(30)21-13-14-24(20-9-5-3-6-10-20)29(19-21)35(31,32)23-11-7-4-8-12-23/h3-12,21-22,24,26H,13-19H2,1-2H3/t21-,24-/m1/s1. The van der Waals surface area contributed by atoms with Gasteiger partial charge in [0.15, 0.2) is 0 Å². The predicted molar refractivity (Wildman–Crippen MR) is 138 cm³/mol. The molecule has 4 rings (SSSR count). The van der Waals surface area contributed by atoms with E-state index in [1.54, 1.807) is 35.2 Å². The summed E-state index contributed by atoms with van der Waals surface area (Å²) in [6.45, 7) is 0.982. The summed E-state index contributed by atoms with van der Waals surface area (Å²) in [7, 11) is -4.40. The minimum Gasteiger partial charge on any atom is -0.342 e. The van der Waals surface area contributed by atoms with Crippen LogP contribution in [0.3, 0.4) is 0 Å². The first-order chi connectivity index (χ1) is 17.1. The van der Waals surface area contributed by atoms with Crippen molar-refractivity contribution in [2.24, 2.45) is 5.92 Å². The van der Waals surface area contributed by atoms with Crippen LogP contribution in [0.15, 0.2) is 65.6 Å². The summed E-state index contributed by atoms with van der Waals surface area (Å²) in [5, 5.41) is 0. The maximum atomic E-state index is 13.7. The number of benzene rings is 2. The molecule has 0 saturated carbocycles. The number of amides is 1. The number of likely N-dealkylation sites (tertiary alicyclic amines) is 1. The normalized spacial score (nSPS) is 22.6. The minimum absolute atomic E-state index is 0.0660. The van der Waals surface area contributed by atoms with Crippen molar-refractivity contribution in [2.45, 2.75) is 42.7 Å². The molecule has 2 aliphatic heterocycles. The molecule has 0 bridgehead atoms. The summed E-state index contributed by atoms with van der Waals surface area (Å²) in [5.74, 6) is -0.512. The van der Waals surface area contributed by atoms with Gasteiger partial charge in [-0.25, -0.2) is 8.42 Å². The molecular weight excluding hydrogens is 500 g/mol. The molecule has 0 aromatic heterocycles. The third-order valence-corrected chi connectivity index (χ3v) is 10.5. The number of nitrogens with one attached hydrogen (secondary N) is 1. The largest absolute Gasteiger partial charge is 0.342 e. The van der Waals surface area contributed by atoms with Gasteiger partial charge in [-0.15, -0.1) is 0 Å². The number of hydrogen-bond acceptors (Lipinski definition) is 5. The Hall–Kier alpha value is -2.31. The van der Waals surface area contributed by atoms with E-state index < -0.39 is 26.2 Å². The van der Waals surface area contributed by atoms with Crippen LogP contribution in [0.1, 0.15) is 37.3 Å². The fraction of sp³-hybridized carbons (Fsp3) is 0.480. The van der Waals surface area contributed by atoms with Gasteiger partial charge >= 0.3 is 0 Å². The lowest BCUT2D eigenvalue weighted by atomic mass is 9.89. The first kappa shape index (κ1) is 26.7. The van der Waals surface area contributed by atoms with Gasteiger partial charge in [0.05, 0.1) is 16.9 Å². The van der Waals surface area contributed by atoms with E-state index in [2.05, 4.69) is 4.72 Å². The lowest BCUT2D eigenvalue weighted by molar-refractivity contribution is -0.138. The Balaban J connectivity index is 1.49. The quantitative estimate of drug-likeness (QED) is 0.586. The third-order valence-electron chi connectivity index (χ3n) is 7.02. The number of piperidine rings is 2. The third kappa shape index (κ3) is 5.81. The van der Waals surface area contributed by atoms with Crippen LogP contribution in [-0.4, -0.2) is 76.0 Å². The molecule has 36 heavy (non-hydrogen) atoms. The smallest absolute Gasteiger partial charge is 0.279 e. The Labute approximate surface area is 214 Å². The number of carbonyl (C=O) groups excluding carboxylic acids is 1. The highest BCUT2D eigenvalue weighted by Gasteiger charge is 2.41. The SMILES string of the molecule is CN(C)S(=O)(=O)NC1CCN(C(=O)[C@@H]2CC[C@H](c3ccccc3)N(S(=O)(=O)c3ccccc3)C2)CC1. The molecular formula is C25H34N4O5S2. The average Bonchev–Trinajstić information content (AvgIpc) is 2.89. The Kier molecular flexibility index (Phi) is 8.15. The van der Waals surface area contributed by atoms with E-state index in [4.69, 9.17) is 0 Å². The zero-order chi connectivity index (χ0) is 25.9. The highest BCUT2D eigenvalue weighted by Crippen LogP contribution is 2.38. The second-order valence-electron chi connectivity index (χ2n) is 9.59. The van der Waals surface area contributed by atoms with E-state index in [1.165, 1.54) is 18.4 Å². The van der Waals surface area contributed by atoms with Gasteiger partial charge in [0, 0.05) is 39.8 Å². The van der Waals surface area contributed by atoms with Gasteiger partial charge in [-0.05, 0) is 43.4 Å². The summed E-state index contributed by atoms with van der Waals surface area (Å²) in [5.41, 5.74) is 0.914. The van der Waals surface area contributed by atoms with Gasteiger partial charge in [0.2, 0.25) is 15.9 Å². The maximum Gasteiger partial charge on any atom is 0.279 e. The molecule has 2 aromatic rings. The average molecular weight is 535 g/mol. The van der Waals surface area contributed by atoms with E-state index >= 15 is 0 Å². The highest BCUT2D eigenvalue weighted by molar-refractivity contribution is 7.89. The fourth-order valence-electron chi connectivity index (χ4n) is 4.93. The molecule has 1 amide bonds. The molecule has 0 spiro atoms. The van der Waals surface area contributed by atoms with Crippen LogP contribution in [0.25, 0.3) is 0 Å². The van der Waals surface area contributed by atoms with Gasteiger partial charge in [0.25, 0.3) is 10.2 Å². The molecule has 2 atom stereocenters. The Morgan fingerprint density at radius 2 is 1.44 bits per heavy atom. The molecule has 9 nitrogen and oxygen atoms in total. The van der Waals surface area contributed by atoms with Crippen LogP contribution in [0.4, 0.5) is 0 Å². The molecule has 2 fully saturated rings. The summed E-state index contributed by atoms with van der Waals surface area (Å²) >= 11 is 0. The number of hydrogen-bond donors (Lipinski definition) is 1. The Morgan fingerprint density at radius 3 is 2.03 bits per heavy atom. The first-order valence-corrected chi connectivity index (χ1v) is 15.1. The number of nitrogens with zero attached hydrogens (tertiary/aromatic N) is 3. The Bertz CT molecular complexity index is 1250. The van der Waals surface area contributed by atoms with Crippen LogP contribution in [-0.2, 0) is 25.0 Å². The second kappa shape index (κ2) is 11.0. The lowest BCUT2D eigenvalue weighted by Gasteiger charge is -2.41. The van der Waals surface area contributed by atoms with Gasteiger partial charge in [-0.1, -0.05) is 48.5 Å². The lowest BCUT2D eigenvalue weighted by Crippen LogP contribution is -2.52. The predicted octanol–water partition coefficient (Wildman–Crippen LogP) is 2.22. The zero-order valence-corrected chi connectivity index (χ0v) is 22.3. The summed E-state index contributed by atoms with van der Waals surface area (Å²) < 4.78 is 56.9. The molecule has 2 aromatic carbocycles. The van der Waals surface area contributed by atoms with Crippen molar-refractivity contribution in [2.75, 3.05) is 33.7 Å². The Morgan fingerprint density at radius 1 is 0.861 bits per heavy atom. The van der Waals surface area contributed by atoms with E-state index in [-0.39, 0.29) is 29.4 Å². The van der Waals surface area contributed by atoms with Crippen molar-refractivity contribution in [1.29, 1.82) is 0 Å². The van der Waals surface area contributed by atoms with Crippen molar-refractivity contribution in [1.82, 2.24) is 18.2 Å². The van der Waals surface area contributed by atoms with Crippen LogP contribution in [0.2, 0.25) is 0 Å².